The lowest BCUT2D eigenvalue weighted by Crippen LogP contribution is -2.50. The first-order valence-corrected chi connectivity index (χ1v) is 16.5. The van der Waals surface area contributed by atoms with Crippen molar-refractivity contribution < 1.29 is 13.2 Å². The van der Waals surface area contributed by atoms with Crippen molar-refractivity contribution in [2.75, 3.05) is 70.1 Å². The summed E-state index contributed by atoms with van der Waals surface area (Å²) in [5, 5.41) is 10.00. The summed E-state index contributed by atoms with van der Waals surface area (Å²) >= 11 is 0. The van der Waals surface area contributed by atoms with E-state index in [0.29, 0.717) is 37.4 Å². The number of piperazine rings is 2. The van der Waals surface area contributed by atoms with Crippen molar-refractivity contribution in [3.05, 3.63) is 65.4 Å². The summed E-state index contributed by atoms with van der Waals surface area (Å²) in [6.45, 7) is 11.6. The van der Waals surface area contributed by atoms with Crippen molar-refractivity contribution in [1.29, 1.82) is 0 Å². The average Bonchev–Trinajstić information content (AvgIpc) is 3.45. The number of nitrogens with one attached hydrogen (secondary N) is 1. The van der Waals surface area contributed by atoms with Crippen LogP contribution in [0.15, 0.2) is 48.7 Å². The van der Waals surface area contributed by atoms with E-state index in [1.54, 1.807) is 11.8 Å². The van der Waals surface area contributed by atoms with Gasteiger partial charge in [-0.3, -0.25) is 4.79 Å². The standard InChI is InChI=1S/C32H39N7O3S/c1-5-43(41,42)39-16-14-38(15-17-39)32(40)25-8-6-24(7-9-25)28-21-33-31-27(28)20-29(34-35-31)26-18-22(2)30(23(3)19-26)37-12-10-36(4)11-13-37/h6-9,18-21H,5,10-17H2,1-4H3,(H,33,35). The molecule has 2 saturated heterocycles. The molecule has 10 nitrogen and oxygen atoms in total. The highest BCUT2D eigenvalue weighted by Gasteiger charge is 2.28. The second kappa shape index (κ2) is 11.7. The number of fused-ring (bicyclic) bond motifs is 1. The summed E-state index contributed by atoms with van der Waals surface area (Å²) in [6.07, 6.45) is 1.93. The first-order chi connectivity index (χ1) is 20.6. The number of amides is 1. The highest BCUT2D eigenvalue weighted by atomic mass is 32.2. The zero-order chi connectivity index (χ0) is 30.3. The number of likely N-dealkylation sites (N-methyl/N-ethyl adjacent to an activating group) is 1. The Morgan fingerprint density at radius 1 is 0.860 bits per heavy atom. The number of H-pyrrole nitrogens is 1. The van der Waals surface area contributed by atoms with E-state index >= 15 is 0 Å². The Morgan fingerprint density at radius 2 is 1.51 bits per heavy atom. The number of aromatic nitrogens is 3. The van der Waals surface area contributed by atoms with Crippen LogP contribution in [-0.2, 0) is 10.0 Å². The number of aromatic amines is 1. The Balaban J connectivity index is 1.21. The zero-order valence-electron chi connectivity index (χ0n) is 25.3. The maximum atomic E-state index is 13.2. The van der Waals surface area contributed by atoms with Crippen LogP contribution in [-0.4, -0.2) is 109 Å². The molecule has 0 atom stereocenters. The van der Waals surface area contributed by atoms with Gasteiger partial charge in [0.05, 0.1) is 11.4 Å². The Kier molecular flexibility index (Phi) is 7.97. The number of rotatable bonds is 6. The normalized spacial score (nSPS) is 17.1. The molecule has 2 aliphatic heterocycles. The van der Waals surface area contributed by atoms with Gasteiger partial charge in [0.15, 0.2) is 5.65 Å². The van der Waals surface area contributed by atoms with Crippen LogP contribution in [0.4, 0.5) is 5.69 Å². The molecule has 0 aliphatic carbocycles. The smallest absolute Gasteiger partial charge is 0.253 e. The van der Waals surface area contributed by atoms with Gasteiger partial charge in [-0.05, 0) is 74.8 Å². The quantitative estimate of drug-likeness (QED) is 0.359. The zero-order valence-corrected chi connectivity index (χ0v) is 26.1. The molecule has 0 radical (unpaired) electrons. The van der Waals surface area contributed by atoms with Crippen molar-refractivity contribution in [3.8, 4) is 22.4 Å². The van der Waals surface area contributed by atoms with Crippen molar-refractivity contribution in [2.45, 2.75) is 20.8 Å². The molecule has 43 heavy (non-hydrogen) atoms. The van der Waals surface area contributed by atoms with E-state index in [0.717, 1.165) is 53.9 Å². The lowest BCUT2D eigenvalue weighted by Gasteiger charge is -2.36. The molecule has 2 aromatic carbocycles. The first kappa shape index (κ1) is 29.3. The highest BCUT2D eigenvalue weighted by Crippen LogP contribution is 2.34. The van der Waals surface area contributed by atoms with Crippen molar-refractivity contribution in [1.82, 2.24) is 29.3 Å². The van der Waals surface area contributed by atoms with Gasteiger partial charge in [0, 0.05) is 86.3 Å². The van der Waals surface area contributed by atoms with Crippen LogP contribution in [0.25, 0.3) is 33.4 Å². The molecule has 6 rings (SSSR count). The van der Waals surface area contributed by atoms with Gasteiger partial charge in [0.1, 0.15) is 0 Å². The number of benzene rings is 2. The van der Waals surface area contributed by atoms with E-state index in [1.807, 2.05) is 30.5 Å². The van der Waals surface area contributed by atoms with Crippen LogP contribution >= 0.6 is 0 Å². The monoisotopic (exact) mass is 601 g/mol. The molecule has 2 fully saturated rings. The molecule has 11 heteroatoms. The lowest BCUT2D eigenvalue weighted by atomic mass is 9.99. The van der Waals surface area contributed by atoms with Crippen molar-refractivity contribution >= 4 is 32.7 Å². The van der Waals surface area contributed by atoms with Gasteiger partial charge in [-0.15, -0.1) is 10.2 Å². The van der Waals surface area contributed by atoms with Crippen LogP contribution in [0, 0.1) is 13.8 Å². The SMILES string of the molecule is CCS(=O)(=O)N1CCN(C(=O)c2ccc(-c3c[nH]c4nnc(-c5cc(C)c(N6CCN(C)CC6)c(C)c5)cc34)cc2)CC1. The fourth-order valence-corrected chi connectivity index (χ4v) is 7.35. The summed E-state index contributed by atoms with van der Waals surface area (Å²) in [5.74, 6) is -0.0101. The van der Waals surface area contributed by atoms with Gasteiger partial charge in [-0.25, -0.2) is 8.42 Å². The van der Waals surface area contributed by atoms with E-state index in [4.69, 9.17) is 0 Å². The summed E-state index contributed by atoms with van der Waals surface area (Å²) in [7, 11) is -1.07. The molecule has 1 amide bonds. The van der Waals surface area contributed by atoms with Gasteiger partial charge < -0.3 is 19.7 Å². The van der Waals surface area contributed by atoms with Crippen LogP contribution in [0.3, 0.4) is 0 Å². The van der Waals surface area contributed by atoms with E-state index in [9.17, 15) is 13.2 Å². The number of carbonyl (C=O) groups excluding carboxylic acids is 1. The predicted octanol–water partition coefficient (Wildman–Crippen LogP) is 3.77. The highest BCUT2D eigenvalue weighted by molar-refractivity contribution is 7.89. The van der Waals surface area contributed by atoms with Gasteiger partial charge >= 0.3 is 0 Å². The average molecular weight is 602 g/mol. The maximum absolute atomic E-state index is 13.2. The number of nitrogens with zero attached hydrogens (tertiary/aromatic N) is 6. The number of carbonyl (C=O) groups is 1. The second-order valence-corrected chi connectivity index (χ2v) is 13.9. The van der Waals surface area contributed by atoms with Crippen LogP contribution < -0.4 is 4.90 Å². The van der Waals surface area contributed by atoms with Crippen molar-refractivity contribution in [3.63, 3.8) is 0 Å². The molecular formula is C32H39N7O3S. The molecule has 0 spiro atoms. The fraction of sp³-hybridized carbons (Fsp3) is 0.406. The van der Waals surface area contributed by atoms with Crippen LogP contribution in [0.5, 0.6) is 0 Å². The summed E-state index contributed by atoms with van der Waals surface area (Å²) in [6, 6.07) is 14.1. The van der Waals surface area contributed by atoms with E-state index in [2.05, 4.69) is 64.1 Å². The molecule has 0 bridgehead atoms. The number of sulfonamides is 1. The molecule has 2 aliphatic rings. The maximum Gasteiger partial charge on any atom is 0.253 e. The summed E-state index contributed by atoms with van der Waals surface area (Å²) in [4.78, 5) is 23.0. The molecular weight excluding hydrogens is 562 g/mol. The third-order valence-corrected chi connectivity index (χ3v) is 10.7. The predicted molar refractivity (Wildman–Crippen MR) is 171 cm³/mol. The topological polar surface area (TPSA) is 106 Å². The molecule has 2 aromatic heterocycles. The van der Waals surface area contributed by atoms with E-state index < -0.39 is 10.0 Å². The van der Waals surface area contributed by atoms with Gasteiger partial charge in [-0.2, -0.15) is 4.31 Å². The number of aryl methyl sites for hydroxylation is 2. The third-order valence-electron chi connectivity index (χ3n) is 8.77. The Bertz CT molecular complexity index is 1730. The van der Waals surface area contributed by atoms with Gasteiger partial charge in [0.2, 0.25) is 10.0 Å². The molecule has 1 N–H and O–H groups in total. The first-order valence-electron chi connectivity index (χ1n) is 14.9. The Labute approximate surface area is 253 Å². The minimum atomic E-state index is -3.24. The third kappa shape index (κ3) is 5.76. The fourth-order valence-electron chi connectivity index (χ4n) is 6.26. The van der Waals surface area contributed by atoms with Gasteiger partial charge in [-0.1, -0.05) is 12.1 Å². The Hall–Kier alpha value is -3.80. The number of anilines is 1. The van der Waals surface area contributed by atoms with E-state index in [1.165, 1.54) is 21.1 Å². The second-order valence-electron chi connectivity index (χ2n) is 11.6. The van der Waals surface area contributed by atoms with E-state index in [-0.39, 0.29) is 11.7 Å². The molecule has 4 heterocycles. The molecule has 226 valence electrons. The minimum Gasteiger partial charge on any atom is -0.369 e. The molecule has 0 unspecified atom stereocenters. The molecule has 0 saturated carbocycles. The lowest BCUT2D eigenvalue weighted by molar-refractivity contribution is 0.0698. The Morgan fingerprint density at radius 3 is 2.14 bits per heavy atom. The van der Waals surface area contributed by atoms with Crippen LogP contribution in [0.1, 0.15) is 28.4 Å². The van der Waals surface area contributed by atoms with Crippen molar-refractivity contribution in [2.24, 2.45) is 0 Å². The summed E-state index contributed by atoms with van der Waals surface area (Å²) < 4.78 is 25.8. The summed E-state index contributed by atoms with van der Waals surface area (Å²) in [5.41, 5.74) is 8.92. The van der Waals surface area contributed by atoms with Gasteiger partial charge in [0.25, 0.3) is 5.91 Å². The van der Waals surface area contributed by atoms with Crippen LogP contribution in [0.2, 0.25) is 0 Å². The number of hydrogen-bond donors (Lipinski definition) is 1. The largest absolute Gasteiger partial charge is 0.369 e. The number of hydrogen-bond acceptors (Lipinski definition) is 7. The minimum absolute atomic E-state index is 0.0752. The molecule has 4 aromatic rings.